The SMILES string of the molecule is COc1ccc(N2C(=O)C[C@H]([NH+]3CCN(c4ccccc4OC)CC3)C2=O)cc1. The molecule has 29 heavy (non-hydrogen) atoms. The number of hydrogen-bond donors (Lipinski definition) is 1. The molecule has 2 fully saturated rings. The molecule has 2 heterocycles. The average Bonchev–Trinajstić information content (AvgIpc) is 3.07. The quantitative estimate of drug-likeness (QED) is 0.756. The Morgan fingerprint density at radius 3 is 2.28 bits per heavy atom. The third-order valence-corrected chi connectivity index (χ3v) is 5.80. The van der Waals surface area contributed by atoms with Gasteiger partial charge in [0, 0.05) is 0 Å². The highest BCUT2D eigenvalue weighted by atomic mass is 16.5. The van der Waals surface area contributed by atoms with E-state index in [4.69, 9.17) is 9.47 Å². The monoisotopic (exact) mass is 396 g/mol. The summed E-state index contributed by atoms with van der Waals surface area (Å²) < 4.78 is 10.6. The fourth-order valence-electron chi connectivity index (χ4n) is 4.23. The number of carbonyl (C=O) groups is 2. The van der Waals surface area contributed by atoms with Gasteiger partial charge in [-0.05, 0) is 36.4 Å². The molecule has 152 valence electrons. The van der Waals surface area contributed by atoms with Gasteiger partial charge in [-0.3, -0.25) is 9.59 Å². The van der Waals surface area contributed by atoms with Crippen molar-refractivity contribution < 1.29 is 24.0 Å². The number of rotatable bonds is 5. The van der Waals surface area contributed by atoms with Gasteiger partial charge in [-0.2, -0.15) is 0 Å². The highest BCUT2D eigenvalue weighted by molar-refractivity contribution is 6.21. The number of carbonyl (C=O) groups excluding carboxylic acids is 2. The number of piperazine rings is 1. The van der Waals surface area contributed by atoms with E-state index in [1.165, 1.54) is 9.80 Å². The molecule has 0 unspecified atom stereocenters. The second-order valence-corrected chi connectivity index (χ2v) is 7.34. The highest BCUT2D eigenvalue weighted by Gasteiger charge is 2.46. The number of benzene rings is 2. The highest BCUT2D eigenvalue weighted by Crippen LogP contribution is 2.28. The van der Waals surface area contributed by atoms with Crippen molar-refractivity contribution in [1.82, 2.24) is 0 Å². The van der Waals surface area contributed by atoms with Gasteiger partial charge >= 0.3 is 0 Å². The lowest BCUT2D eigenvalue weighted by atomic mass is 10.1. The minimum Gasteiger partial charge on any atom is -0.497 e. The lowest BCUT2D eigenvalue weighted by Gasteiger charge is -2.36. The topological polar surface area (TPSA) is 63.5 Å². The van der Waals surface area contributed by atoms with E-state index in [1.807, 2.05) is 18.2 Å². The molecule has 0 bridgehead atoms. The molecular weight excluding hydrogens is 370 g/mol. The van der Waals surface area contributed by atoms with Crippen LogP contribution in [-0.4, -0.2) is 58.3 Å². The maximum absolute atomic E-state index is 13.0. The standard InChI is InChI=1S/C22H25N3O4/c1-28-17-9-7-16(8-10-17)25-21(26)15-19(22(25)27)24-13-11-23(12-14-24)18-5-3-4-6-20(18)29-2/h3-10,19H,11-15H2,1-2H3/p+1/t19-/m0/s1. The van der Waals surface area contributed by atoms with Crippen LogP contribution < -0.4 is 24.2 Å². The molecule has 0 aliphatic carbocycles. The van der Waals surface area contributed by atoms with Gasteiger partial charge in [0.2, 0.25) is 5.91 Å². The third-order valence-electron chi connectivity index (χ3n) is 5.80. The summed E-state index contributed by atoms with van der Waals surface area (Å²) in [4.78, 5) is 30.4. The van der Waals surface area contributed by atoms with Crippen molar-refractivity contribution in [1.29, 1.82) is 0 Å². The zero-order valence-electron chi connectivity index (χ0n) is 16.8. The summed E-state index contributed by atoms with van der Waals surface area (Å²) in [6.45, 7) is 3.24. The van der Waals surface area contributed by atoms with Crippen molar-refractivity contribution in [2.45, 2.75) is 12.5 Å². The lowest BCUT2D eigenvalue weighted by molar-refractivity contribution is -0.915. The zero-order valence-corrected chi connectivity index (χ0v) is 16.8. The molecular formula is C22H26N3O4+. The van der Waals surface area contributed by atoms with E-state index < -0.39 is 0 Å². The number of nitrogens with zero attached hydrogens (tertiary/aromatic N) is 2. The largest absolute Gasteiger partial charge is 0.497 e. The van der Waals surface area contributed by atoms with Crippen LogP contribution in [0.25, 0.3) is 0 Å². The molecule has 0 radical (unpaired) electrons. The maximum atomic E-state index is 13.0. The van der Waals surface area contributed by atoms with Gasteiger partial charge in [0.05, 0.1) is 58.2 Å². The van der Waals surface area contributed by atoms with Crippen LogP contribution in [0.2, 0.25) is 0 Å². The molecule has 2 aromatic carbocycles. The van der Waals surface area contributed by atoms with Crippen molar-refractivity contribution in [3.05, 3.63) is 48.5 Å². The van der Waals surface area contributed by atoms with Crippen LogP contribution in [0.5, 0.6) is 11.5 Å². The Morgan fingerprint density at radius 2 is 1.62 bits per heavy atom. The molecule has 0 spiro atoms. The molecule has 1 atom stereocenters. The summed E-state index contributed by atoms with van der Waals surface area (Å²) in [6, 6.07) is 14.7. The molecule has 2 amide bonds. The number of imide groups is 1. The van der Waals surface area contributed by atoms with Gasteiger partial charge in [0.1, 0.15) is 11.5 Å². The minimum atomic E-state index is -0.315. The number of para-hydroxylation sites is 2. The van der Waals surface area contributed by atoms with Gasteiger partial charge in [-0.25, -0.2) is 4.90 Å². The molecule has 1 N–H and O–H groups in total. The second kappa shape index (κ2) is 8.13. The Hall–Kier alpha value is -3.06. The first-order chi connectivity index (χ1) is 14.1. The first kappa shape index (κ1) is 19.3. The minimum absolute atomic E-state index is 0.110. The molecule has 7 nitrogen and oxygen atoms in total. The van der Waals surface area contributed by atoms with E-state index in [0.717, 1.165) is 37.6 Å². The van der Waals surface area contributed by atoms with E-state index in [9.17, 15) is 9.59 Å². The van der Waals surface area contributed by atoms with Crippen molar-refractivity contribution in [3.8, 4) is 11.5 Å². The molecule has 2 aliphatic rings. The normalized spacial score (nSPS) is 20.3. The van der Waals surface area contributed by atoms with Crippen LogP contribution in [0.4, 0.5) is 11.4 Å². The maximum Gasteiger partial charge on any atom is 0.292 e. The zero-order chi connectivity index (χ0) is 20.4. The first-order valence-corrected chi connectivity index (χ1v) is 9.85. The molecule has 2 aromatic rings. The van der Waals surface area contributed by atoms with Crippen LogP contribution in [0, 0.1) is 0 Å². The van der Waals surface area contributed by atoms with Gasteiger partial charge < -0.3 is 19.3 Å². The predicted octanol–water partition coefficient (Wildman–Crippen LogP) is 0.741. The number of quaternary nitrogens is 1. The van der Waals surface area contributed by atoms with Crippen LogP contribution in [0.3, 0.4) is 0 Å². The fraction of sp³-hybridized carbons (Fsp3) is 0.364. The van der Waals surface area contributed by atoms with Gasteiger partial charge in [0.15, 0.2) is 6.04 Å². The predicted molar refractivity (Wildman–Crippen MR) is 110 cm³/mol. The summed E-state index contributed by atoms with van der Waals surface area (Å²) in [7, 11) is 3.27. The number of nitrogens with one attached hydrogen (secondary N) is 1. The van der Waals surface area contributed by atoms with Crippen molar-refractivity contribution in [3.63, 3.8) is 0 Å². The summed E-state index contributed by atoms with van der Waals surface area (Å²) in [5, 5.41) is 0. The van der Waals surface area contributed by atoms with E-state index in [2.05, 4.69) is 11.0 Å². The number of hydrogen-bond acceptors (Lipinski definition) is 5. The Morgan fingerprint density at radius 1 is 0.931 bits per heavy atom. The van der Waals surface area contributed by atoms with E-state index in [0.29, 0.717) is 11.4 Å². The Bertz CT molecular complexity index is 891. The molecule has 7 heteroatoms. The summed E-state index contributed by atoms with van der Waals surface area (Å²) >= 11 is 0. The number of methoxy groups -OCH3 is 2. The first-order valence-electron chi connectivity index (χ1n) is 9.85. The molecule has 4 rings (SSSR count). The van der Waals surface area contributed by atoms with Crippen molar-refractivity contribution in [2.75, 3.05) is 50.2 Å². The van der Waals surface area contributed by atoms with Crippen molar-refractivity contribution >= 4 is 23.2 Å². The van der Waals surface area contributed by atoms with E-state index in [1.54, 1.807) is 38.5 Å². The second-order valence-electron chi connectivity index (χ2n) is 7.34. The van der Waals surface area contributed by atoms with Crippen LogP contribution >= 0.6 is 0 Å². The van der Waals surface area contributed by atoms with Gasteiger partial charge in [-0.1, -0.05) is 12.1 Å². The summed E-state index contributed by atoms with van der Waals surface area (Å²) in [5.74, 6) is 1.31. The van der Waals surface area contributed by atoms with Crippen molar-refractivity contribution in [2.24, 2.45) is 0 Å². The fourth-order valence-corrected chi connectivity index (χ4v) is 4.23. The number of amides is 2. The van der Waals surface area contributed by atoms with E-state index >= 15 is 0 Å². The molecule has 2 saturated heterocycles. The molecule has 0 saturated carbocycles. The van der Waals surface area contributed by atoms with E-state index in [-0.39, 0.29) is 24.3 Å². The number of ether oxygens (including phenoxy) is 2. The molecule has 0 aromatic heterocycles. The smallest absolute Gasteiger partial charge is 0.292 e. The Kier molecular flexibility index (Phi) is 5.40. The summed E-state index contributed by atoms with van der Waals surface area (Å²) in [5.41, 5.74) is 1.68. The van der Waals surface area contributed by atoms with Crippen LogP contribution in [-0.2, 0) is 9.59 Å². The number of anilines is 2. The van der Waals surface area contributed by atoms with Crippen LogP contribution in [0.1, 0.15) is 6.42 Å². The molecule has 2 aliphatic heterocycles. The Balaban J connectivity index is 1.43. The lowest BCUT2D eigenvalue weighted by Crippen LogP contribution is -3.19. The van der Waals surface area contributed by atoms with Gasteiger partial charge in [0.25, 0.3) is 5.91 Å². The third kappa shape index (κ3) is 3.65. The van der Waals surface area contributed by atoms with Gasteiger partial charge in [-0.15, -0.1) is 0 Å². The van der Waals surface area contributed by atoms with Crippen LogP contribution in [0.15, 0.2) is 48.5 Å². The summed E-state index contributed by atoms with van der Waals surface area (Å²) in [6.07, 6.45) is 0.259. The Labute approximate surface area is 170 Å². The average molecular weight is 396 g/mol.